The first-order valence-electron chi connectivity index (χ1n) is 9.69. The molecule has 1 aliphatic rings. The van der Waals surface area contributed by atoms with Crippen molar-refractivity contribution in [1.29, 1.82) is 0 Å². The first-order valence-corrected chi connectivity index (χ1v) is 9.69. The fourth-order valence-electron chi connectivity index (χ4n) is 3.27. The van der Waals surface area contributed by atoms with Gasteiger partial charge in [0, 0.05) is 63.2 Å². The molecule has 0 unspecified atom stereocenters. The van der Waals surface area contributed by atoms with E-state index in [0.717, 1.165) is 17.8 Å². The number of aromatic nitrogens is 4. The summed E-state index contributed by atoms with van der Waals surface area (Å²) in [6, 6.07) is 5.96. The summed E-state index contributed by atoms with van der Waals surface area (Å²) < 4.78 is 43.2. The third-order valence-electron chi connectivity index (χ3n) is 4.97. The van der Waals surface area contributed by atoms with Crippen LogP contribution in [0.1, 0.15) is 17.9 Å². The summed E-state index contributed by atoms with van der Waals surface area (Å²) in [5, 5.41) is 3.91. The van der Waals surface area contributed by atoms with Crippen molar-refractivity contribution in [3.05, 3.63) is 54.3 Å². The number of anilines is 1. The summed E-state index contributed by atoms with van der Waals surface area (Å²) in [6.07, 6.45) is 0.256. The van der Waals surface area contributed by atoms with Crippen molar-refractivity contribution in [2.45, 2.75) is 19.0 Å². The largest absolute Gasteiger partial charge is 0.417 e. The van der Waals surface area contributed by atoms with Gasteiger partial charge in [-0.3, -0.25) is 9.78 Å². The lowest BCUT2D eigenvalue weighted by Gasteiger charge is -2.35. The Bertz CT molecular complexity index is 1020. The molecule has 0 N–H and O–H groups in total. The average Bonchev–Trinajstić information content (AvgIpc) is 3.27. The van der Waals surface area contributed by atoms with Crippen LogP contribution >= 0.6 is 0 Å². The van der Waals surface area contributed by atoms with Crippen molar-refractivity contribution in [1.82, 2.24) is 25.0 Å². The molecule has 0 aliphatic carbocycles. The fraction of sp³-hybridized carbons (Fsp3) is 0.350. The lowest BCUT2D eigenvalue weighted by atomic mass is 10.2. The Morgan fingerprint density at radius 2 is 1.90 bits per heavy atom. The maximum atomic E-state index is 12.7. The number of aryl methyl sites for hydroxylation is 1. The number of alkyl halides is 3. The molecular weight excluding hydrogens is 413 g/mol. The third kappa shape index (κ3) is 4.98. The number of pyridine rings is 2. The van der Waals surface area contributed by atoms with E-state index in [4.69, 9.17) is 4.52 Å². The van der Waals surface area contributed by atoms with Gasteiger partial charge < -0.3 is 14.3 Å². The van der Waals surface area contributed by atoms with Crippen LogP contribution in [0.4, 0.5) is 19.0 Å². The topological polar surface area (TPSA) is 88.2 Å². The summed E-state index contributed by atoms with van der Waals surface area (Å²) >= 11 is 0. The Labute approximate surface area is 175 Å². The van der Waals surface area contributed by atoms with E-state index < -0.39 is 11.7 Å². The first-order chi connectivity index (χ1) is 14.9. The van der Waals surface area contributed by atoms with E-state index in [-0.39, 0.29) is 12.3 Å². The van der Waals surface area contributed by atoms with Crippen LogP contribution in [0.3, 0.4) is 0 Å². The molecule has 1 amide bonds. The standard InChI is InChI=1S/C20H19F3N6O2/c21-20(22,23)15-3-4-16(25-13-15)28-8-10-29(11-9-28)18(30)6-5-17-26-19(27-31-17)14-2-1-7-24-12-14/h1-4,7,12-13H,5-6,8-11H2. The minimum atomic E-state index is -4.41. The molecule has 0 radical (unpaired) electrons. The van der Waals surface area contributed by atoms with E-state index in [2.05, 4.69) is 20.1 Å². The second-order valence-electron chi connectivity index (χ2n) is 7.02. The van der Waals surface area contributed by atoms with Crippen LogP contribution in [0.5, 0.6) is 0 Å². The van der Waals surface area contributed by atoms with Crippen LogP contribution in [0.2, 0.25) is 0 Å². The van der Waals surface area contributed by atoms with Crippen LogP contribution in [0.25, 0.3) is 11.4 Å². The first kappa shape index (κ1) is 20.8. The molecule has 0 atom stereocenters. The molecule has 8 nitrogen and oxygen atoms in total. The lowest BCUT2D eigenvalue weighted by molar-refractivity contribution is -0.137. The van der Waals surface area contributed by atoms with Gasteiger partial charge in [-0.1, -0.05) is 5.16 Å². The predicted molar refractivity (Wildman–Crippen MR) is 104 cm³/mol. The molecule has 11 heteroatoms. The van der Waals surface area contributed by atoms with Gasteiger partial charge in [-0.05, 0) is 24.3 Å². The van der Waals surface area contributed by atoms with Crippen molar-refractivity contribution < 1.29 is 22.5 Å². The van der Waals surface area contributed by atoms with Crippen LogP contribution in [0, 0.1) is 0 Å². The Balaban J connectivity index is 1.26. The molecule has 1 fully saturated rings. The van der Waals surface area contributed by atoms with E-state index in [0.29, 0.717) is 50.1 Å². The molecular formula is C20H19F3N6O2. The van der Waals surface area contributed by atoms with E-state index in [1.54, 1.807) is 23.4 Å². The van der Waals surface area contributed by atoms with Gasteiger partial charge in [-0.25, -0.2) is 4.98 Å². The molecule has 0 spiro atoms. The van der Waals surface area contributed by atoms with Crippen molar-refractivity contribution in [2.24, 2.45) is 0 Å². The summed E-state index contributed by atoms with van der Waals surface area (Å²) in [4.78, 5) is 28.3. The Morgan fingerprint density at radius 1 is 1.10 bits per heavy atom. The molecule has 0 bridgehead atoms. The third-order valence-corrected chi connectivity index (χ3v) is 4.97. The van der Waals surface area contributed by atoms with Gasteiger partial charge in [0.2, 0.25) is 17.6 Å². The van der Waals surface area contributed by atoms with Crippen LogP contribution in [0.15, 0.2) is 47.4 Å². The van der Waals surface area contributed by atoms with Crippen LogP contribution in [-0.2, 0) is 17.4 Å². The predicted octanol–water partition coefficient (Wildman–Crippen LogP) is 2.83. The Morgan fingerprint density at radius 3 is 2.55 bits per heavy atom. The molecule has 4 rings (SSSR count). The molecule has 1 aliphatic heterocycles. The quantitative estimate of drug-likeness (QED) is 0.613. The van der Waals surface area contributed by atoms with Gasteiger partial charge in [-0.15, -0.1) is 0 Å². The highest BCUT2D eigenvalue weighted by Gasteiger charge is 2.31. The second-order valence-corrected chi connectivity index (χ2v) is 7.02. The molecule has 31 heavy (non-hydrogen) atoms. The summed E-state index contributed by atoms with van der Waals surface area (Å²) in [7, 11) is 0. The van der Waals surface area contributed by atoms with Gasteiger partial charge >= 0.3 is 6.18 Å². The molecule has 0 aromatic carbocycles. The minimum Gasteiger partial charge on any atom is -0.353 e. The van der Waals surface area contributed by atoms with Crippen molar-refractivity contribution >= 4 is 11.7 Å². The number of nitrogens with zero attached hydrogens (tertiary/aromatic N) is 6. The highest BCUT2D eigenvalue weighted by atomic mass is 19.4. The minimum absolute atomic E-state index is 0.0406. The molecule has 1 saturated heterocycles. The second kappa shape index (κ2) is 8.70. The van der Waals surface area contributed by atoms with Gasteiger partial charge in [0.25, 0.3) is 0 Å². The van der Waals surface area contributed by atoms with E-state index in [1.165, 1.54) is 6.07 Å². The number of hydrogen-bond donors (Lipinski definition) is 0. The number of carbonyl (C=O) groups excluding carboxylic acids is 1. The van der Waals surface area contributed by atoms with Gasteiger partial charge in [0.15, 0.2) is 0 Å². The maximum absolute atomic E-state index is 12.7. The van der Waals surface area contributed by atoms with E-state index in [1.807, 2.05) is 11.0 Å². The number of amides is 1. The average molecular weight is 432 g/mol. The summed E-state index contributed by atoms with van der Waals surface area (Å²) in [6.45, 7) is 1.92. The monoisotopic (exact) mass is 432 g/mol. The number of carbonyl (C=O) groups is 1. The van der Waals surface area contributed by atoms with E-state index >= 15 is 0 Å². The zero-order valence-electron chi connectivity index (χ0n) is 16.4. The van der Waals surface area contributed by atoms with Crippen molar-refractivity contribution in [3.8, 4) is 11.4 Å². The highest BCUT2D eigenvalue weighted by Crippen LogP contribution is 2.29. The molecule has 3 aromatic rings. The highest BCUT2D eigenvalue weighted by molar-refractivity contribution is 5.76. The van der Waals surface area contributed by atoms with Crippen molar-refractivity contribution in [3.63, 3.8) is 0 Å². The van der Waals surface area contributed by atoms with E-state index in [9.17, 15) is 18.0 Å². The van der Waals surface area contributed by atoms with Gasteiger partial charge in [0.05, 0.1) is 5.56 Å². The molecule has 0 saturated carbocycles. The maximum Gasteiger partial charge on any atom is 0.417 e. The smallest absolute Gasteiger partial charge is 0.353 e. The fourth-order valence-corrected chi connectivity index (χ4v) is 3.27. The van der Waals surface area contributed by atoms with Crippen LogP contribution < -0.4 is 4.90 Å². The Hall–Kier alpha value is -3.50. The van der Waals surface area contributed by atoms with Gasteiger partial charge in [-0.2, -0.15) is 18.2 Å². The normalized spacial score (nSPS) is 14.7. The molecule has 4 heterocycles. The Kier molecular flexibility index (Phi) is 5.83. The lowest BCUT2D eigenvalue weighted by Crippen LogP contribution is -2.49. The summed E-state index contributed by atoms with van der Waals surface area (Å²) in [5.74, 6) is 1.23. The van der Waals surface area contributed by atoms with Crippen molar-refractivity contribution in [2.75, 3.05) is 31.1 Å². The number of piperazine rings is 1. The summed E-state index contributed by atoms with van der Waals surface area (Å²) in [5.41, 5.74) is -0.0467. The SMILES string of the molecule is O=C(CCc1nc(-c2cccnc2)no1)N1CCN(c2ccc(C(F)(F)F)cn2)CC1. The van der Waals surface area contributed by atoms with Crippen LogP contribution in [-0.4, -0.2) is 57.1 Å². The van der Waals surface area contributed by atoms with Gasteiger partial charge in [0.1, 0.15) is 5.82 Å². The number of hydrogen-bond acceptors (Lipinski definition) is 7. The number of rotatable bonds is 5. The molecule has 162 valence electrons. The number of halogens is 3. The zero-order valence-corrected chi connectivity index (χ0v) is 16.4. The zero-order chi connectivity index (χ0) is 21.8. The molecule has 3 aromatic heterocycles.